The molecule has 7 heteroatoms. The van der Waals surface area contributed by atoms with Gasteiger partial charge in [0.1, 0.15) is 11.4 Å². The molecule has 5 rings (SSSR count). The molecule has 0 aliphatic rings. The summed E-state index contributed by atoms with van der Waals surface area (Å²) in [6, 6.07) is 20.0. The maximum absolute atomic E-state index is 11.8. The van der Waals surface area contributed by atoms with E-state index in [-0.39, 0.29) is 5.91 Å². The number of nitrogens with zero attached hydrogens (tertiary/aromatic N) is 4. The van der Waals surface area contributed by atoms with Gasteiger partial charge in [-0.2, -0.15) is 10.4 Å². The Morgan fingerprint density at radius 1 is 0.971 bits per heavy atom. The van der Waals surface area contributed by atoms with Crippen molar-refractivity contribution in [1.29, 1.82) is 5.26 Å². The zero-order valence-electron chi connectivity index (χ0n) is 19.0. The number of aromatic amines is 1. The molecule has 34 heavy (non-hydrogen) atoms. The molecule has 166 valence electrons. The highest BCUT2D eigenvalue weighted by Crippen LogP contribution is 2.34. The number of nitriles is 1. The summed E-state index contributed by atoms with van der Waals surface area (Å²) >= 11 is 0. The molecule has 1 amide bonds. The van der Waals surface area contributed by atoms with Crippen LogP contribution in [-0.4, -0.2) is 33.1 Å². The van der Waals surface area contributed by atoms with E-state index in [0.29, 0.717) is 5.69 Å². The lowest BCUT2D eigenvalue weighted by atomic mass is 9.86. The average molecular weight is 447 g/mol. The molecule has 0 bridgehead atoms. The number of carbonyl (C=O) groups is 1. The van der Waals surface area contributed by atoms with Crippen molar-refractivity contribution in [2.45, 2.75) is 19.3 Å². The minimum absolute atomic E-state index is 0.219. The second-order valence-electron chi connectivity index (χ2n) is 8.68. The van der Waals surface area contributed by atoms with Gasteiger partial charge in [-0.15, -0.1) is 0 Å². The number of aromatic nitrogens is 4. The minimum Gasteiger partial charge on any atom is -0.354 e. The van der Waals surface area contributed by atoms with Crippen molar-refractivity contribution in [3.63, 3.8) is 0 Å². The van der Waals surface area contributed by atoms with Crippen LogP contribution in [0, 0.1) is 11.3 Å². The van der Waals surface area contributed by atoms with Gasteiger partial charge in [-0.1, -0.05) is 36.4 Å². The van der Waals surface area contributed by atoms with Crippen molar-refractivity contribution in [2.24, 2.45) is 0 Å². The molecule has 2 N–H and O–H groups in total. The lowest BCUT2D eigenvalue weighted by Crippen LogP contribution is -2.18. The molecule has 7 nitrogen and oxygen atoms in total. The van der Waals surface area contributed by atoms with Gasteiger partial charge in [-0.05, 0) is 43.2 Å². The molecular weight excluding hydrogens is 424 g/mol. The molecule has 0 saturated heterocycles. The Morgan fingerprint density at radius 3 is 2.38 bits per heavy atom. The number of hydrogen-bond acceptors (Lipinski definition) is 5. The van der Waals surface area contributed by atoms with E-state index in [4.69, 9.17) is 0 Å². The van der Waals surface area contributed by atoms with Crippen molar-refractivity contribution >= 4 is 27.7 Å². The van der Waals surface area contributed by atoms with E-state index in [1.165, 1.54) is 0 Å². The summed E-state index contributed by atoms with van der Waals surface area (Å²) < 4.78 is 0. The van der Waals surface area contributed by atoms with Crippen LogP contribution in [-0.2, 0) is 5.41 Å². The molecule has 5 aromatic rings. The Balaban J connectivity index is 1.62. The van der Waals surface area contributed by atoms with Gasteiger partial charge in [0.05, 0.1) is 28.7 Å². The van der Waals surface area contributed by atoms with E-state index in [0.717, 1.165) is 49.8 Å². The van der Waals surface area contributed by atoms with Gasteiger partial charge in [0.15, 0.2) is 0 Å². The highest BCUT2D eigenvalue weighted by molar-refractivity contribution is 6.11. The summed E-state index contributed by atoms with van der Waals surface area (Å²) in [4.78, 5) is 20.7. The molecule has 0 aliphatic heterocycles. The van der Waals surface area contributed by atoms with E-state index in [1.54, 1.807) is 25.5 Å². The SMILES string of the molecule is CNC(=O)c1ccc(-c2ccc3ncc4[nH]nc(-c5ccc(C(C)(C)C#N)cc5)c4c3c2)cn1. The largest absolute Gasteiger partial charge is 0.354 e. The second-order valence-corrected chi connectivity index (χ2v) is 8.68. The van der Waals surface area contributed by atoms with Gasteiger partial charge < -0.3 is 5.32 Å². The number of hydrogen-bond donors (Lipinski definition) is 2. The molecule has 3 aromatic heterocycles. The molecule has 3 heterocycles. The number of amides is 1. The maximum Gasteiger partial charge on any atom is 0.269 e. The smallest absolute Gasteiger partial charge is 0.269 e. The number of benzene rings is 2. The molecule has 0 spiro atoms. The number of pyridine rings is 2. The summed E-state index contributed by atoms with van der Waals surface area (Å²) in [7, 11) is 1.58. The Bertz CT molecular complexity index is 1570. The summed E-state index contributed by atoms with van der Waals surface area (Å²) in [5.74, 6) is -0.219. The van der Waals surface area contributed by atoms with Crippen LogP contribution < -0.4 is 5.32 Å². The van der Waals surface area contributed by atoms with Gasteiger partial charge in [-0.3, -0.25) is 19.9 Å². The van der Waals surface area contributed by atoms with E-state index in [2.05, 4.69) is 37.6 Å². The zero-order chi connectivity index (χ0) is 23.9. The fourth-order valence-corrected chi connectivity index (χ4v) is 4.03. The Kier molecular flexibility index (Phi) is 5.06. The van der Waals surface area contributed by atoms with Crippen LogP contribution in [0.5, 0.6) is 0 Å². The molecule has 0 radical (unpaired) electrons. The molecule has 0 aliphatic carbocycles. The number of nitrogens with one attached hydrogen (secondary N) is 2. The van der Waals surface area contributed by atoms with Crippen molar-refractivity contribution < 1.29 is 4.79 Å². The third kappa shape index (κ3) is 3.55. The van der Waals surface area contributed by atoms with Crippen LogP contribution in [0.15, 0.2) is 67.0 Å². The maximum atomic E-state index is 11.8. The van der Waals surface area contributed by atoms with Crippen LogP contribution in [0.1, 0.15) is 29.9 Å². The number of carbonyl (C=O) groups excluding carboxylic acids is 1. The zero-order valence-corrected chi connectivity index (χ0v) is 19.0. The predicted molar refractivity (Wildman–Crippen MR) is 132 cm³/mol. The topological polar surface area (TPSA) is 107 Å². The second kappa shape index (κ2) is 8.09. The number of fused-ring (bicyclic) bond motifs is 3. The molecule has 0 unspecified atom stereocenters. The predicted octanol–water partition coefficient (Wildman–Crippen LogP) is 5.00. The first-order valence-corrected chi connectivity index (χ1v) is 10.9. The van der Waals surface area contributed by atoms with E-state index in [9.17, 15) is 10.1 Å². The number of rotatable bonds is 4. The minimum atomic E-state index is -0.556. The fourth-order valence-electron chi connectivity index (χ4n) is 4.03. The standard InChI is InChI=1S/C27H22N6O/c1-27(2,15-28)19-8-4-16(5-9-19)25-24-20-12-17(6-10-21(20)31-14-23(24)32-33-25)18-7-11-22(30-13-18)26(34)29-3/h4-14H,1-3H3,(H,29,34)(H,32,33). The lowest BCUT2D eigenvalue weighted by molar-refractivity contribution is 0.0958. The van der Waals surface area contributed by atoms with Gasteiger partial charge in [0, 0.05) is 35.1 Å². The van der Waals surface area contributed by atoms with E-state index in [1.807, 2.05) is 56.3 Å². The lowest BCUT2D eigenvalue weighted by Gasteiger charge is -2.15. The van der Waals surface area contributed by atoms with Crippen molar-refractivity contribution in [1.82, 2.24) is 25.5 Å². The monoisotopic (exact) mass is 446 g/mol. The number of H-pyrrole nitrogens is 1. The Labute approximate surface area is 196 Å². The van der Waals surface area contributed by atoms with E-state index < -0.39 is 5.41 Å². The van der Waals surface area contributed by atoms with Gasteiger partial charge >= 0.3 is 0 Å². The first-order valence-electron chi connectivity index (χ1n) is 10.9. The van der Waals surface area contributed by atoms with Crippen LogP contribution >= 0.6 is 0 Å². The Morgan fingerprint density at radius 2 is 1.71 bits per heavy atom. The van der Waals surface area contributed by atoms with Gasteiger partial charge in [0.25, 0.3) is 5.91 Å². The summed E-state index contributed by atoms with van der Waals surface area (Å²) in [5.41, 5.74) is 6.13. The van der Waals surface area contributed by atoms with Crippen LogP contribution in [0.2, 0.25) is 0 Å². The third-order valence-electron chi connectivity index (χ3n) is 6.11. The quantitative estimate of drug-likeness (QED) is 0.404. The molecule has 0 saturated carbocycles. The molecule has 2 aromatic carbocycles. The average Bonchev–Trinajstić information content (AvgIpc) is 3.33. The van der Waals surface area contributed by atoms with Gasteiger partial charge in [0.2, 0.25) is 0 Å². The highest BCUT2D eigenvalue weighted by atomic mass is 16.1. The fraction of sp³-hybridized carbons (Fsp3) is 0.148. The highest BCUT2D eigenvalue weighted by Gasteiger charge is 2.20. The summed E-state index contributed by atoms with van der Waals surface area (Å²) in [6.45, 7) is 3.81. The summed E-state index contributed by atoms with van der Waals surface area (Å²) in [5, 5.41) is 21.7. The normalized spacial score (nSPS) is 11.5. The van der Waals surface area contributed by atoms with Crippen molar-refractivity contribution in [3.05, 3.63) is 78.2 Å². The molecular formula is C27H22N6O. The first-order chi connectivity index (χ1) is 16.4. The van der Waals surface area contributed by atoms with Crippen LogP contribution in [0.3, 0.4) is 0 Å². The van der Waals surface area contributed by atoms with Crippen LogP contribution in [0.4, 0.5) is 0 Å². The third-order valence-corrected chi connectivity index (χ3v) is 6.11. The Hall–Kier alpha value is -4.57. The van der Waals surface area contributed by atoms with Crippen molar-refractivity contribution in [2.75, 3.05) is 7.05 Å². The molecule has 0 atom stereocenters. The summed E-state index contributed by atoms with van der Waals surface area (Å²) in [6.07, 6.45) is 3.49. The van der Waals surface area contributed by atoms with E-state index >= 15 is 0 Å². The molecule has 0 fully saturated rings. The van der Waals surface area contributed by atoms with Crippen LogP contribution in [0.25, 0.3) is 44.2 Å². The first kappa shape index (κ1) is 21.3. The van der Waals surface area contributed by atoms with Crippen molar-refractivity contribution in [3.8, 4) is 28.5 Å². The van der Waals surface area contributed by atoms with Gasteiger partial charge in [-0.25, -0.2) is 0 Å².